The summed E-state index contributed by atoms with van der Waals surface area (Å²) in [5, 5.41) is 24.7. The number of aromatic nitrogens is 3. The normalized spacial score (nSPS) is 12.0. The van der Waals surface area contributed by atoms with E-state index < -0.39 is 0 Å². The van der Waals surface area contributed by atoms with Crippen LogP contribution < -0.4 is 10.7 Å². The molecule has 1 aromatic heterocycles. The molecular weight excluding hydrogens is 422 g/mol. The summed E-state index contributed by atoms with van der Waals surface area (Å²) >= 11 is 0. The second-order valence-electron chi connectivity index (χ2n) is 7.34. The lowest BCUT2D eigenvalue weighted by molar-refractivity contribution is 0.796. The standard InChI is InChI=1S/C24H19N7.ClH/c1-16-27-28-24-30(15-18-8-6-17(14-25)7-9-18)29-23(19-10-12-20(26)13-11-19)21-4-2-3-5-22(21)31(16)24;/h2-13H,15,26H2,1H3;1H. The van der Waals surface area contributed by atoms with Gasteiger partial charge in [-0.2, -0.15) is 10.4 Å². The molecule has 8 heteroatoms. The predicted octanol–water partition coefficient (Wildman–Crippen LogP) is 4.22. The zero-order chi connectivity index (χ0) is 21.4. The number of nitrogens with zero attached hydrogens (tertiary/aromatic N) is 6. The van der Waals surface area contributed by atoms with Crippen LogP contribution in [0.2, 0.25) is 0 Å². The molecule has 0 atom stereocenters. The number of anilines is 2. The van der Waals surface area contributed by atoms with Gasteiger partial charge in [0.05, 0.1) is 23.9 Å². The maximum absolute atomic E-state index is 9.09. The number of rotatable bonds is 3. The van der Waals surface area contributed by atoms with E-state index in [2.05, 4.69) is 22.3 Å². The smallest absolute Gasteiger partial charge is 0.252 e. The van der Waals surface area contributed by atoms with Crippen LogP contribution >= 0.6 is 12.4 Å². The van der Waals surface area contributed by atoms with E-state index in [0.29, 0.717) is 23.7 Å². The minimum absolute atomic E-state index is 0. The highest BCUT2D eigenvalue weighted by molar-refractivity contribution is 6.15. The fourth-order valence-corrected chi connectivity index (χ4v) is 3.71. The number of benzene rings is 3. The Morgan fingerprint density at radius 1 is 0.938 bits per heavy atom. The monoisotopic (exact) mass is 441 g/mol. The Labute approximate surface area is 191 Å². The van der Waals surface area contributed by atoms with Gasteiger partial charge in [-0.1, -0.05) is 42.5 Å². The minimum atomic E-state index is 0. The third-order valence-electron chi connectivity index (χ3n) is 5.26. The van der Waals surface area contributed by atoms with Crippen LogP contribution in [0.5, 0.6) is 0 Å². The molecule has 0 amide bonds. The average Bonchev–Trinajstić information content (AvgIpc) is 3.12. The molecule has 0 unspecified atom stereocenters. The van der Waals surface area contributed by atoms with Crippen molar-refractivity contribution >= 4 is 29.8 Å². The van der Waals surface area contributed by atoms with Gasteiger partial charge < -0.3 is 5.73 Å². The Balaban J connectivity index is 0.00000245. The van der Waals surface area contributed by atoms with Gasteiger partial charge in [-0.15, -0.1) is 22.6 Å². The van der Waals surface area contributed by atoms with Crippen LogP contribution in [0.25, 0.3) is 5.69 Å². The number of hydrazone groups is 1. The molecule has 0 bridgehead atoms. The van der Waals surface area contributed by atoms with Crippen molar-refractivity contribution in [3.8, 4) is 11.8 Å². The third kappa shape index (κ3) is 3.68. The molecule has 2 N–H and O–H groups in total. The van der Waals surface area contributed by atoms with E-state index >= 15 is 0 Å². The van der Waals surface area contributed by atoms with Gasteiger partial charge in [0, 0.05) is 16.8 Å². The van der Waals surface area contributed by atoms with Crippen LogP contribution in [0, 0.1) is 18.3 Å². The Morgan fingerprint density at radius 2 is 1.66 bits per heavy atom. The first-order chi connectivity index (χ1) is 15.1. The number of halogens is 1. The van der Waals surface area contributed by atoms with Gasteiger partial charge in [0.1, 0.15) is 11.5 Å². The summed E-state index contributed by atoms with van der Waals surface area (Å²) < 4.78 is 2.02. The summed E-state index contributed by atoms with van der Waals surface area (Å²) in [6.07, 6.45) is 0. The maximum Gasteiger partial charge on any atom is 0.252 e. The molecule has 0 aliphatic carbocycles. The Hall–Kier alpha value is -4.15. The first kappa shape index (κ1) is 21.1. The van der Waals surface area contributed by atoms with Gasteiger partial charge in [0.2, 0.25) is 0 Å². The van der Waals surface area contributed by atoms with Crippen molar-refractivity contribution in [1.29, 1.82) is 5.26 Å². The molecule has 0 saturated carbocycles. The summed E-state index contributed by atoms with van der Waals surface area (Å²) in [5.41, 5.74) is 12.0. The first-order valence-electron chi connectivity index (χ1n) is 9.87. The summed E-state index contributed by atoms with van der Waals surface area (Å²) in [6.45, 7) is 2.41. The van der Waals surface area contributed by atoms with E-state index in [1.807, 2.05) is 83.2 Å². The molecule has 1 aliphatic rings. The second kappa shape index (κ2) is 8.53. The van der Waals surface area contributed by atoms with E-state index in [9.17, 15) is 0 Å². The zero-order valence-electron chi connectivity index (χ0n) is 17.3. The largest absolute Gasteiger partial charge is 0.399 e. The van der Waals surface area contributed by atoms with Crippen molar-refractivity contribution in [2.75, 3.05) is 10.7 Å². The topological polar surface area (TPSA) is 96.1 Å². The lowest BCUT2D eigenvalue weighted by atomic mass is 10.0. The SMILES string of the molecule is Cc1nnc2n1-c1ccccc1C(c1ccc(N)cc1)=NN2Cc1ccc(C#N)cc1.Cl. The molecule has 7 nitrogen and oxygen atoms in total. The van der Waals surface area contributed by atoms with Crippen molar-refractivity contribution in [2.45, 2.75) is 13.5 Å². The summed E-state index contributed by atoms with van der Waals surface area (Å²) in [4.78, 5) is 0. The number of para-hydroxylation sites is 1. The number of fused-ring (bicyclic) bond motifs is 3. The quantitative estimate of drug-likeness (QED) is 0.480. The van der Waals surface area contributed by atoms with Crippen molar-refractivity contribution in [2.24, 2.45) is 5.10 Å². The van der Waals surface area contributed by atoms with Crippen LogP contribution in [0.1, 0.15) is 28.1 Å². The van der Waals surface area contributed by atoms with Gasteiger partial charge in [-0.25, -0.2) is 5.01 Å². The van der Waals surface area contributed by atoms with Crippen LogP contribution in [0.3, 0.4) is 0 Å². The maximum atomic E-state index is 9.09. The Morgan fingerprint density at radius 3 is 2.38 bits per heavy atom. The van der Waals surface area contributed by atoms with Crippen molar-refractivity contribution < 1.29 is 0 Å². The molecule has 0 fully saturated rings. The minimum Gasteiger partial charge on any atom is -0.399 e. The number of hydrogen-bond donors (Lipinski definition) is 1. The number of hydrogen-bond acceptors (Lipinski definition) is 6. The summed E-state index contributed by atoms with van der Waals surface area (Å²) in [5.74, 6) is 1.42. The first-order valence-corrected chi connectivity index (χ1v) is 9.87. The molecule has 0 saturated heterocycles. The molecule has 0 radical (unpaired) electrons. The van der Waals surface area contributed by atoms with Crippen LogP contribution in [-0.4, -0.2) is 20.5 Å². The summed E-state index contributed by atoms with van der Waals surface area (Å²) in [6, 6.07) is 25.4. The highest BCUT2D eigenvalue weighted by Gasteiger charge is 2.26. The van der Waals surface area contributed by atoms with Crippen molar-refractivity contribution in [3.05, 3.63) is 101 Å². The van der Waals surface area contributed by atoms with Gasteiger partial charge in [0.25, 0.3) is 5.95 Å². The lowest BCUT2D eigenvalue weighted by Gasteiger charge is -2.18. The van der Waals surface area contributed by atoms with E-state index in [4.69, 9.17) is 16.1 Å². The van der Waals surface area contributed by atoms with E-state index in [-0.39, 0.29) is 12.4 Å². The summed E-state index contributed by atoms with van der Waals surface area (Å²) in [7, 11) is 0. The van der Waals surface area contributed by atoms with Crippen LogP contribution in [0.4, 0.5) is 11.6 Å². The number of aryl methyl sites for hydroxylation is 1. The average molecular weight is 442 g/mol. The molecule has 1 aliphatic heterocycles. The van der Waals surface area contributed by atoms with Gasteiger partial charge >= 0.3 is 0 Å². The lowest BCUT2D eigenvalue weighted by Crippen LogP contribution is -2.20. The highest BCUT2D eigenvalue weighted by atomic mass is 35.5. The second-order valence-corrected chi connectivity index (χ2v) is 7.34. The highest BCUT2D eigenvalue weighted by Crippen LogP contribution is 2.30. The molecule has 158 valence electrons. The van der Waals surface area contributed by atoms with Crippen LogP contribution in [-0.2, 0) is 6.54 Å². The van der Waals surface area contributed by atoms with Gasteiger partial charge in [0.15, 0.2) is 0 Å². The molecule has 3 aromatic carbocycles. The fourth-order valence-electron chi connectivity index (χ4n) is 3.71. The van der Waals surface area contributed by atoms with Crippen molar-refractivity contribution in [1.82, 2.24) is 14.8 Å². The molecule has 32 heavy (non-hydrogen) atoms. The number of nitriles is 1. The third-order valence-corrected chi connectivity index (χ3v) is 5.26. The molecule has 4 aromatic rings. The predicted molar refractivity (Wildman–Crippen MR) is 127 cm³/mol. The van der Waals surface area contributed by atoms with Gasteiger partial charge in [-0.05, 0) is 42.8 Å². The van der Waals surface area contributed by atoms with E-state index in [1.54, 1.807) is 0 Å². The van der Waals surface area contributed by atoms with Gasteiger partial charge in [-0.3, -0.25) is 4.57 Å². The fraction of sp³-hybridized carbons (Fsp3) is 0.0833. The van der Waals surface area contributed by atoms with Crippen molar-refractivity contribution in [3.63, 3.8) is 0 Å². The molecule has 5 rings (SSSR count). The Bertz CT molecular complexity index is 1330. The molecule has 2 heterocycles. The van der Waals surface area contributed by atoms with Crippen LogP contribution in [0.15, 0.2) is 77.9 Å². The van der Waals surface area contributed by atoms with E-state index in [0.717, 1.165) is 33.9 Å². The zero-order valence-corrected chi connectivity index (χ0v) is 18.1. The number of nitrogen functional groups attached to an aromatic ring is 1. The Kier molecular flexibility index (Phi) is 5.63. The molecule has 0 spiro atoms. The molecular formula is C24H20ClN7. The van der Waals surface area contributed by atoms with E-state index in [1.165, 1.54) is 0 Å². The number of nitrogens with two attached hydrogens (primary N) is 1.